The fourth-order valence-electron chi connectivity index (χ4n) is 1.18. The van der Waals surface area contributed by atoms with E-state index in [-0.39, 0.29) is 0 Å². The molecule has 0 unspecified atom stereocenters. The minimum absolute atomic E-state index is 0.477. The first-order valence-corrected chi connectivity index (χ1v) is 5.34. The second-order valence-corrected chi connectivity index (χ2v) is 2.90. The van der Waals surface area contributed by atoms with E-state index in [9.17, 15) is 0 Å². The molecule has 0 spiro atoms. The molecule has 1 heterocycles. The number of halogens is 1. The van der Waals surface area contributed by atoms with Crippen LogP contribution in [0.2, 0.25) is 0 Å². The number of hydrogen-bond donors (Lipinski definition) is 0. The predicted molar refractivity (Wildman–Crippen MR) is 62.6 cm³/mol. The Kier molecular flexibility index (Phi) is 4.41. The Morgan fingerprint density at radius 2 is 1.79 bits per heavy atom. The van der Waals surface area contributed by atoms with Gasteiger partial charge in [0, 0.05) is 5.39 Å². The van der Waals surface area contributed by atoms with Crippen molar-refractivity contribution >= 4 is 22.5 Å². The summed E-state index contributed by atoms with van der Waals surface area (Å²) in [5, 5.41) is 1.16. The van der Waals surface area contributed by atoms with Crippen LogP contribution in [0.4, 0.5) is 0 Å². The lowest BCUT2D eigenvalue weighted by molar-refractivity contribution is 1.22. The Morgan fingerprint density at radius 3 is 2.50 bits per heavy atom. The topological polar surface area (TPSA) is 12.9 Å². The average Bonchev–Trinajstić information content (AvgIpc) is 2.31. The van der Waals surface area contributed by atoms with Crippen LogP contribution in [-0.2, 0) is 5.88 Å². The molecule has 2 rings (SSSR count). The van der Waals surface area contributed by atoms with E-state index in [1.54, 1.807) is 0 Å². The first-order chi connectivity index (χ1) is 6.90. The molecule has 74 valence electrons. The lowest BCUT2D eigenvalue weighted by Crippen LogP contribution is -1.84. The maximum absolute atomic E-state index is 5.66. The lowest BCUT2D eigenvalue weighted by atomic mass is 10.2. The van der Waals surface area contributed by atoms with E-state index < -0.39 is 0 Å². The van der Waals surface area contributed by atoms with Crippen molar-refractivity contribution in [1.29, 1.82) is 0 Å². The number of fused-ring (bicyclic) bond motifs is 1. The Labute approximate surface area is 89.7 Å². The molecule has 14 heavy (non-hydrogen) atoms. The number of alkyl halides is 1. The molecule has 0 saturated heterocycles. The van der Waals surface area contributed by atoms with Crippen molar-refractivity contribution in [3.8, 4) is 0 Å². The predicted octanol–water partition coefficient (Wildman–Crippen LogP) is 4.00. The largest absolute Gasteiger partial charge is 0.252 e. The molecule has 0 aliphatic carbocycles. The van der Waals surface area contributed by atoms with Crippen LogP contribution in [0.3, 0.4) is 0 Å². The Bertz CT molecular complexity index is 398. The van der Waals surface area contributed by atoms with Crippen molar-refractivity contribution in [1.82, 2.24) is 4.98 Å². The number of para-hydroxylation sites is 1. The van der Waals surface area contributed by atoms with Gasteiger partial charge >= 0.3 is 0 Å². The molecule has 2 heteroatoms. The highest BCUT2D eigenvalue weighted by Crippen LogP contribution is 2.12. The normalized spacial score (nSPS) is 9.36. The van der Waals surface area contributed by atoms with Crippen molar-refractivity contribution in [3.05, 3.63) is 42.1 Å². The Balaban J connectivity index is 0.000000461. The Morgan fingerprint density at radius 1 is 1.07 bits per heavy atom. The molecule has 0 amide bonds. The summed E-state index contributed by atoms with van der Waals surface area (Å²) in [6, 6.07) is 12.0. The first kappa shape index (κ1) is 11.0. The summed E-state index contributed by atoms with van der Waals surface area (Å²) >= 11 is 5.66. The van der Waals surface area contributed by atoms with Gasteiger partial charge in [0.15, 0.2) is 0 Å². The summed E-state index contributed by atoms with van der Waals surface area (Å²) in [6.45, 7) is 4.00. The van der Waals surface area contributed by atoms with Crippen LogP contribution in [0.15, 0.2) is 36.4 Å². The van der Waals surface area contributed by atoms with E-state index in [0.717, 1.165) is 16.6 Å². The van der Waals surface area contributed by atoms with Crippen molar-refractivity contribution in [2.45, 2.75) is 19.7 Å². The zero-order valence-corrected chi connectivity index (χ0v) is 9.25. The zero-order valence-electron chi connectivity index (χ0n) is 8.50. The van der Waals surface area contributed by atoms with Gasteiger partial charge in [0.2, 0.25) is 0 Å². The molecule has 0 N–H and O–H groups in total. The SMILES string of the molecule is CC.ClCc1ccc2ccccc2n1. The summed E-state index contributed by atoms with van der Waals surface area (Å²) < 4.78 is 0. The van der Waals surface area contributed by atoms with Gasteiger partial charge in [-0.25, -0.2) is 0 Å². The average molecular weight is 208 g/mol. The molecular weight excluding hydrogens is 194 g/mol. The maximum atomic E-state index is 5.66. The summed E-state index contributed by atoms with van der Waals surface area (Å²) in [5.41, 5.74) is 1.94. The van der Waals surface area contributed by atoms with Gasteiger partial charge in [-0.15, -0.1) is 11.6 Å². The van der Waals surface area contributed by atoms with Crippen LogP contribution in [0.5, 0.6) is 0 Å². The number of hydrogen-bond acceptors (Lipinski definition) is 1. The van der Waals surface area contributed by atoms with E-state index >= 15 is 0 Å². The molecule has 1 aromatic carbocycles. The van der Waals surface area contributed by atoms with Crippen LogP contribution in [0.1, 0.15) is 19.5 Å². The van der Waals surface area contributed by atoms with E-state index in [1.807, 2.05) is 50.2 Å². The molecule has 0 fully saturated rings. The highest BCUT2D eigenvalue weighted by Gasteiger charge is 1.94. The van der Waals surface area contributed by atoms with Crippen LogP contribution >= 0.6 is 11.6 Å². The third-order valence-electron chi connectivity index (χ3n) is 1.79. The number of rotatable bonds is 1. The third kappa shape index (κ3) is 2.46. The quantitative estimate of drug-likeness (QED) is 0.645. The van der Waals surface area contributed by atoms with Gasteiger partial charge in [0.05, 0.1) is 17.1 Å². The van der Waals surface area contributed by atoms with Crippen molar-refractivity contribution in [2.75, 3.05) is 0 Å². The van der Waals surface area contributed by atoms with E-state index in [0.29, 0.717) is 5.88 Å². The van der Waals surface area contributed by atoms with E-state index in [1.165, 1.54) is 0 Å². The number of aromatic nitrogens is 1. The molecule has 0 saturated carbocycles. The van der Waals surface area contributed by atoms with Gasteiger partial charge in [0.1, 0.15) is 0 Å². The minimum atomic E-state index is 0.477. The molecule has 0 aliphatic rings. The highest BCUT2D eigenvalue weighted by atomic mass is 35.5. The maximum Gasteiger partial charge on any atom is 0.0705 e. The van der Waals surface area contributed by atoms with Crippen LogP contribution < -0.4 is 0 Å². The van der Waals surface area contributed by atoms with Gasteiger partial charge in [-0.3, -0.25) is 4.98 Å². The minimum Gasteiger partial charge on any atom is -0.252 e. The van der Waals surface area contributed by atoms with Gasteiger partial charge in [0.25, 0.3) is 0 Å². The van der Waals surface area contributed by atoms with Gasteiger partial charge in [-0.1, -0.05) is 38.1 Å². The highest BCUT2D eigenvalue weighted by molar-refractivity contribution is 6.16. The molecule has 1 nitrogen and oxygen atoms in total. The van der Waals surface area contributed by atoms with Gasteiger partial charge in [-0.05, 0) is 12.1 Å². The molecule has 0 bridgehead atoms. The van der Waals surface area contributed by atoms with E-state index in [2.05, 4.69) is 4.98 Å². The standard InChI is InChI=1S/C10H8ClN.C2H6/c11-7-9-6-5-8-3-1-2-4-10(8)12-9;1-2/h1-6H,7H2;1-2H3. The monoisotopic (exact) mass is 207 g/mol. The number of nitrogens with zero attached hydrogens (tertiary/aromatic N) is 1. The van der Waals surface area contributed by atoms with Crippen molar-refractivity contribution in [2.24, 2.45) is 0 Å². The summed E-state index contributed by atoms with van der Waals surface area (Å²) in [5.74, 6) is 0.477. The van der Waals surface area contributed by atoms with Crippen LogP contribution in [0, 0.1) is 0 Å². The molecular formula is C12H14ClN. The van der Waals surface area contributed by atoms with Gasteiger partial charge < -0.3 is 0 Å². The fourth-order valence-corrected chi connectivity index (χ4v) is 1.33. The fraction of sp³-hybridized carbons (Fsp3) is 0.250. The summed E-state index contributed by atoms with van der Waals surface area (Å²) in [4.78, 5) is 4.36. The van der Waals surface area contributed by atoms with Crippen LogP contribution in [0.25, 0.3) is 10.9 Å². The number of benzene rings is 1. The van der Waals surface area contributed by atoms with E-state index in [4.69, 9.17) is 11.6 Å². The second kappa shape index (κ2) is 5.61. The lowest BCUT2D eigenvalue weighted by Gasteiger charge is -1.97. The molecule has 2 aromatic rings. The number of pyridine rings is 1. The Hall–Kier alpha value is -1.08. The van der Waals surface area contributed by atoms with Crippen molar-refractivity contribution < 1.29 is 0 Å². The zero-order chi connectivity index (χ0) is 10.4. The smallest absolute Gasteiger partial charge is 0.0705 e. The van der Waals surface area contributed by atoms with Crippen LogP contribution in [-0.4, -0.2) is 4.98 Å². The summed E-state index contributed by atoms with van der Waals surface area (Å²) in [6.07, 6.45) is 0. The van der Waals surface area contributed by atoms with Crippen molar-refractivity contribution in [3.63, 3.8) is 0 Å². The third-order valence-corrected chi connectivity index (χ3v) is 2.07. The van der Waals surface area contributed by atoms with Gasteiger partial charge in [-0.2, -0.15) is 0 Å². The molecule has 0 radical (unpaired) electrons. The molecule has 0 aliphatic heterocycles. The molecule has 0 atom stereocenters. The molecule has 1 aromatic heterocycles. The second-order valence-electron chi connectivity index (χ2n) is 2.63. The first-order valence-electron chi connectivity index (χ1n) is 4.81. The summed E-state index contributed by atoms with van der Waals surface area (Å²) in [7, 11) is 0.